The molecule has 0 saturated heterocycles. The Morgan fingerprint density at radius 2 is 1.67 bits per heavy atom. The van der Waals surface area contributed by atoms with Crippen LogP contribution in [0.5, 0.6) is 0 Å². The molecule has 0 amide bonds. The molecule has 0 spiro atoms. The molecule has 0 aliphatic heterocycles. The van der Waals surface area contributed by atoms with E-state index >= 15 is 0 Å². The van der Waals surface area contributed by atoms with Gasteiger partial charge in [0.1, 0.15) is 0 Å². The number of hydrogen-bond donors (Lipinski definition) is 0. The Hall–Kier alpha value is -0.770. The number of halogens is 1. The fraction of sp³-hybridized carbons (Fsp3) is 0. The molecular formula is C10H7IO. The fourth-order valence-electron chi connectivity index (χ4n) is 1.21. The Morgan fingerprint density at radius 1 is 0.917 bits per heavy atom. The summed E-state index contributed by atoms with van der Waals surface area (Å²) in [5, 5.41) is 2.38. The molecule has 0 saturated carbocycles. The molecule has 0 heterocycles. The lowest BCUT2D eigenvalue weighted by molar-refractivity contribution is 0.648. The summed E-state index contributed by atoms with van der Waals surface area (Å²) in [6.45, 7) is 0. The molecule has 0 aliphatic carbocycles. The van der Waals surface area contributed by atoms with Gasteiger partial charge in [-0.15, -0.1) is 0 Å². The first-order valence-corrected chi connectivity index (χ1v) is 5.62. The van der Waals surface area contributed by atoms with Crippen LogP contribution in [-0.2, 0) is 3.07 Å². The van der Waals surface area contributed by atoms with Crippen LogP contribution in [-0.4, -0.2) is 0 Å². The third kappa shape index (κ3) is 1.39. The highest BCUT2D eigenvalue weighted by molar-refractivity contribution is 14.1. The summed E-state index contributed by atoms with van der Waals surface area (Å²) >= 11 is -1.02. The Labute approximate surface area is 81.0 Å². The van der Waals surface area contributed by atoms with Gasteiger partial charge >= 0.3 is 0 Å². The Bertz CT molecular complexity index is 423. The van der Waals surface area contributed by atoms with Gasteiger partial charge in [0, 0.05) is 3.57 Å². The molecule has 2 heteroatoms. The van der Waals surface area contributed by atoms with Crippen LogP contribution in [0, 0.1) is 3.57 Å². The minimum absolute atomic E-state index is 0.965. The molecule has 0 atom stereocenters. The number of rotatable bonds is 1. The predicted molar refractivity (Wildman–Crippen MR) is 57.4 cm³/mol. The van der Waals surface area contributed by atoms with E-state index in [-0.39, 0.29) is 0 Å². The van der Waals surface area contributed by atoms with Gasteiger partial charge < -0.3 is 0 Å². The van der Waals surface area contributed by atoms with Crippen LogP contribution in [0.4, 0.5) is 0 Å². The molecule has 12 heavy (non-hydrogen) atoms. The highest BCUT2D eigenvalue weighted by Gasteiger charge is 1.93. The first kappa shape index (κ1) is 7.86. The molecule has 2 aromatic carbocycles. The van der Waals surface area contributed by atoms with Gasteiger partial charge in [0.25, 0.3) is 0 Å². The molecular weight excluding hydrogens is 263 g/mol. The van der Waals surface area contributed by atoms with Gasteiger partial charge in [0.2, 0.25) is 0 Å². The molecule has 2 rings (SSSR count). The average molecular weight is 270 g/mol. The van der Waals surface area contributed by atoms with Gasteiger partial charge in [0.15, 0.2) is 21.2 Å². The average Bonchev–Trinajstić information content (AvgIpc) is 2.17. The zero-order valence-electron chi connectivity index (χ0n) is 6.33. The second-order valence-electron chi connectivity index (χ2n) is 2.57. The van der Waals surface area contributed by atoms with Crippen LogP contribution in [0.3, 0.4) is 0 Å². The SMILES string of the molecule is O=Ic1ccc2ccccc2c1. The van der Waals surface area contributed by atoms with Gasteiger partial charge in [0.05, 0.1) is 0 Å². The van der Waals surface area contributed by atoms with Crippen LogP contribution in [0.1, 0.15) is 0 Å². The van der Waals surface area contributed by atoms with Crippen molar-refractivity contribution in [2.75, 3.05) is 0 Å². The summed E-state index contributed by atoms with van der Waals surface area (Å²) in [4.78, 5) is 0. The molecule has 60 valence electrons. The Morgan fingerprint density at radius 3 is 2.42 bits per heavy atom. The lowest BCUT2D eigenvalue weighted by Crippen LogP contribution is -1.73. The molecule has 0 N–H and O–H groups in total. The fourth-order valence-corrected chi connectivity index (χ4v) is 2.00. The maximum Gasteiger partial charge on any atom is 0.182 e. The largest absolute Gasteiger partial charge is 0.265 e. The van der Waals surface area contributed by atoms with Crippen LogP contribution >= 0.6 is 21.2 Å². The van der Waals surface area contributed by atoms with E-state index in [1.54, 1.807) is 0 Å². The third-order valence-corrected chi connectivity index (χ3v) is 2.98. The summed E-state index contributed by atoms with van der Waals surface area (Å²) in [6, 6.07) is 14.0. The number of hydrogen-bond acceptors (Lipinski definition) is 1. The van der Waals surface area contributed by atoms with E-state index in [0.717, 1.165) is 3.57 Å². The first-order valence-electron chi connectivity index (χ1n) is 3.66. The van der Waals surface area contributed by atoms with Crippen LogP contribution < -0.4 is 0 Å². The van der Waals surface area contributed by atoms with Gasteiger partial charge in [-0.1, -0.05) is 30.3 Å². The number of benzene rings is 2. The molecule has 2 aromatic rings. The van der Waals surface area contributed by atoms with E-state index in [4.69, 9.17) is 0 Å². The second-order valence-corrected chi connectivity index (χ2v) is 4.25. The molecule has 1 nitrogen and oxygen atoms in total. The van der Waals surface area contributed by atoms with Crippen molar-refractivity contribution in [3.8, 4) is 0 Å². The van der Waals surface area contributed by atoms with Gasteiger partial charge in [-0.05, 0) is 22.9 Å². The van der Waals surface area contributed by atoms with Crippen LogP contribution in [0.15, 0.2) is 42.5 Å². The molecule has 0 bridgehead atoms. The van der Waals surface area contributed by atoms with Crippen molar-refractivity contribution < 1.29 is 3.07 Å². The van der Waals surface area contributed by atoms with Crippen molar-refractivity contribution in [1.29, 1.82) is 0 Å². The molecule has 0 fully saturated rings. The molecule has 0 aliphatic rings. The first-order chi connectivity index (χ1) is 5.90. The van der Waals surface area contributed by atoms with Crippen molar-refractivity contribution in [1.82, 2.24) is 0 Å². The summed E-state index contributed by atoms with van der Waals surface area (Å²) in [5.74, 6) is 0. The van der Waals surface area contributed by atoms with E-state index in [0.29, 0.717) is 0 Å². The van der Waals surface area contributed by atoms with Gasteiger partial charge in [-0.25, -0.2) is 0 Å². The Balaban J connectivity index is 2.75. The topological polar surface area (TPSA) is 17.1 Å². The van der Waals surface area contributed by atoms with Gasteiger partial charge in [-0.3, -0.25) is 3.07 Å². The smallest absolute Gasteiger partial charge is 0.182 e. The quantitative estimate of drug-likeness (QED) is 0.726. The van der Waals surface area contributed by atoms with Crippen LogP contribution in [0.25, 0.3) is 10.8 Å². The minimum atomic E-state index is -1.02. The van der Waals surface area contributed by atoms with Crippen LogP contribution in [0.2, 0.25) is 0 Å². The molecule has 0 aromatic heterocycles. The number of fused-ring (bicyclic) bond motifs is 1. The van der Waals surface area contributed by atoms with E-state index in [1.807, 2.05) is 36.4 Å². The summed E-state index contributed by atoms with van der Waals surface area (Å²) < 4.78 is 11.7. The normalized spacial score (nSPS) is 10.3. The van der Waals surface area contributed by atoms with Gasteiger partial charge in [-0.2, -0.15) is 0 Å². The third-order valence-electron chi connectivity index (χ3n) is 1.80. The van der Waals surface area contributed by atoms with E-state index in [9.17, 15) is 3.07 Å². The highest BCUT2D eigenvalue weighted by Crippen LogP contribution is 2.18. The maximum absolute atomic E-state index is 10.7. The summed E-state index contributed by atoms with van der Waals surface area (Å²) in [7, 11) is 0. The molecule has 0 radical (unpaired) electrons. The van der Waals surface area contributed by atoms with E-state index in [1.165, 1.54) is 10.8 Å². The zero-order chi connectivity index (χ0) is 8.39. The molecule has 0 unspecified atom stereocenters. The van der Waals surface area contributed by atoms with Crippen molar-refractivity contribution in [3.63, 3.8) is 0 Å². The second kappa shape index (κ2) is 3.31. The van der Waals surface area contributed by atoms with E-state index < -0.39 is 21.2 Å². The summed E-state index contributed by atoms with van der Waals surface area (Å²) in [6.07, 6.45) is 0. The lowest BCUT2D eigenvalue weighted by Gasteiger charge is -1.95. The maximum atomic E-state index is 10.7. The monoisotopic (exact) mass is 270 g/mol. The highest BCUT2D eigenvalue weighted by atomic mass is 127. The van der Waals surface area contributed by atoms with Crippen molar-refractivity contribution in [3.05, 3.63) is 46.0 Å². The standard InChI is InChI=1S/C10H7IO/c12-11-10-6-5-8-3-1-2-4-9(8)7-10/h1-7H. The Kier molecular flexibility index (Phi) is 2.17. The van der Waals surface area contributed by atoms with Crippen molar-refractivity contribution >= 4 is 32.0 Å². The predicted octanol–water partition coefficient (Wildman–Crippen LogP) is 3.33. The van der Waals surface area contributed by atoms with Crippen molar-refractivity contribution in [2.45, 2.75) is 0 Å². The minimum Gasteiger partial charge on any atom is -0.265 e. The van der Waals surface area contributed by atoms with Crippen molar-refractivity contribution in [2.24, 2.45) is 0 Å². The zero-order valence-corrected chi connectivity index (χ0v) is 8.49. The van der Waals surface area contributed by atoms with E-state index in [2.05, 4.69) is 6.07 Å². The summed E-state index contributed by atoms with van der Waals surface area (Å²) in [5.41, 5.74) is 0. The lowest BCUT2D eigenvalue weighted by atomic mass is 10.1.